The molecule has 1 aliphatic heterocycles. The first-order chi connectivity index (χ1) is 9.74. The topological polar surface area (TPSA) is 41.6 Å². The zero-order valence-corrected chi connectivity index (χ0v) is 12.2. The molecule has 0 bridgehead atoms. The molecule has 20 heavy (non-hydrogen) atoms. The van der Waals surface area contributed by atoms with E-state index >= 15 is 0 Å². The number of para-hydroxylation sites is 1. The summed E-state index contributed by atoms with van der Waals surface area (Å²) in [7, 11) is 2.15. The molecule has 1 N–H and O–H groups in total. The Hall–Kier alpha value is -1.55. The van der Waals surface area contributed by atoms with E-state index in [4.69, 9.17) is 4.74 Å². The Kier molecular flexibility index (Phi) is 5.87. The summed E-state index contributed by atoms with van der Waals surface area (Å²) in [5.41, 5.74) is 0. The Labute approximate surface area is 121 Å². The predicted octanol–water partition coefficient (Wildman–Crippen LogP) is 1.91. The second-order valence-electron chi connectivity index (χ2n) is 5.46. The first-order valence-corrected chi connectivity index (χ1v) is 7.37. The van der Waals surface area contributed by atoms with E-state index in [0.29, 0.717) is 18.9 Å². The Morgan fingerprint density at radius 2 is 2.00 bits per heavy atom. The van der Waals surface area contributed by atoms with Gasteiger partial charge in [-0.2, -0.15) is 0 Å². The normalized spacial score (nSPS) is 16.9. The molecule has 1 fully saturated rings. The van der Waals surface area contributed by atoms with Gasteiger partial charge in [0.05, 0.1) is 13.0 Å². The van der Waals surface area contributed by atoms with Crippen molar-refractivity contribution >= 4 is 5.91 Å². The van der Waals surface area contributed by atoms with Gasteiger partial charge in [0.2, 0.25) is 5.91 Å². The van der Waals surface area contributed by atoms with Crippen molar-refractivity contribution in [3.8, 4) is 5.75 Å². The molecule has 1 saturated heterocycles. The molecule has 0 radical (unpaired) electrons. The average molecular weight is 276 g/mol. The lowest BCUT2D eigenvalue weighted by molar-refractivity contribution is -0.121. The van der Waals surface area contributed by atoms with Gasteiger partial charge in [-0.15, -0.1) is 0 Å². The molecule has 1 amide bonds. The van der Waals surface area contributed by atoms with E-state index < -0.39 is 0 Å². The van der Waals surface area contributed by atoms with Crippen LogP contribution >= 0.6 is 0 Å². The Bertz CT molecular complexity index is 400. The van der Waals surface area contributed by atoms with Gasteiger partial charge in [0.1, 0.15) is 5.75 Å². The average Bonchev–Trinajstić information content (AvgIpc) is 2.48. The van der Waals surface area contributed by atoms with E-state index in [9.17, 15) is 4.79 Å². The standard InChI is InChI=1S/C16H24N2O2/c1-18-10-7-14(8-11-18)13-17-16(19)9-12-20-15-5-3-2-4-6-15/h2-6,14H,7-13H2,1H3,(H,17,19). The number of ether oxygens (including phenoxy) is 1. The van der Waals surface area contributed by atoms with Crippen LogP contribution in [0.3, 0.4) is 0 Å². The second kappa shape index (κ2) is 7.90. The van der Waals surface area contributed by atoms with Crippen molar-refractivity contribution in [3.05, 3.63) is 30.3 Å². The number of amides is 1. The molecule has 110 valence electrons. The smallest absolute Gasteiger partial charge is 0.223 e. The maximum atomic E-state index is 11.7. The third-order valence-corrected chi connectivity index (χ3v) is 3.77. The summed E-state index contributed by atoms with van der Waals surface area (Å²) in [5, 5.41) is 3.02. The van der Waals surface area contributed by atoms with E-state index in [2.05, 4.69) is 17.3 Å². The van der Waals surface area contributed by atoms with E-state index in [1.807, 2.05) is 30.3 Å². The summed E-state index contributed by atoms with van der Waals surface area (Å²) in [4.78, 5) is 14.1. The lowest BCUT2D eigenvalue weighted by atomic mass is 9.97. The van der Waals surface area contributed by atoms with Crippen molar-refractivity contribution in [2.45, 2.75) is 19.3 Å². The number of nitrogens with zero attached hydrogens (tertiary/aromatic N) is 1. The third-order valence-electron chi connectivity index (χ3n) is 3.77. The minimum Gasteiger partial charge on any atom is -0.493 e. The minimum atomic E-state index is 0.0832. The van der Waals surface area contributed by atoms with Crippen LogP contribution in [0.25, 0.3) is 0 Å². The molecule has 0 aliphatic carbocycles. The Balaban J connectivity index is 1.56. The molecule has 0 unspecified atom stereocenters. The van der Waals surface area contributed by atoms with Crippen molar-refractivity contribution in [3.63, 3.8) is 0 Å². The van der Waals surface area contributed by atoms with Crippen molar-refractivity contribution in [2.75, 3.05) is 33.3 Å². The minimum absolute atomic E-state index is 0.0832. The van der Waals surface area contributed by atoms with Gasteiger partial charge >= 0.3 is 0 Å². The number of rotatable bonds is 6. The van der Waals surface area contributed by atoms with Gasteiger partial charge < -0.3 is 15.0 Å². The van der Waals surface area contributed by atoms with Gasteiger partial charge in [-0.3, -0.25) is 4.79 Å². The van der Waals surface area contributed by atoms with Gasteiger partial charge in [0, 0.05) is 6.54 Å². The Morgan fingerprint density at radius 3 is 2.70 bits per heavy atom. The zero-order valence-electron chi connectivity index (χ0n) is 12.2. The number of hydrogen-bond donors (Lipinski definition) is 1. The highest BCUT2D eigenvalue weighted by molar-refractivity contribution is 5.75. The van der Waals surface area contributed by atoms with Crippen LogP contribution in [-0.2, 0) is 4.79 Å². The number of nitrogens with one attached hydrogen (secondary N) is 1. The van der Waals surface area contributed by atoms with Crippen LogP contribution < -0.4 is 10.1 Å². The lowest BCUT2D eigenvalue weighted by Crippen LogP contribution is -2.37. The molecule has 1 heterocycles. The summed E-state index contributed by atoms with van der Waals surface area (Å²) < 4.78 is 5.52. The predicted molar refractivity (Wildman–Crippen MR) is 79.8 cm³/mol. The van der Waals surface area contributed by atoms with Crippen LogP contribution in [0.15, 0.2) is 30.3 Å². The molecule has 0 aromatic heterocycles. The van der Waals surface area contributed by atoms with Gasteiger partial charge in [0.25, 0.3) is 0 Å². The van der Waals surface area contributed by atoms with Crippen molar-refractivity contribution in [1.29, 1.82) is 0 Å². The molecule has 0 spiro atoms. The number of likely N-dealkylation sites (tertiary alicyclic amines) is 1. The van der Waals surface area contributed by atoms with E-state index in [-0.39, 0.29) is 5.91 Å². The lowest BCUT2D eigenvalue weighted by Gasteiger charge is -2.28. The van der Waals surface area contributed by atoms with E-state index in [1.54, 1.807) is 0 Å². The van der Waals surface area contributed by atoms with Gasteiger partial charge in [-0.05, 0) is 51.0 Å². The highest BCUT2D eigenvalue weighted by atomic mass is 16.5. The molecule has 1 aromatic rings. The quantitative estimate of drug-likeness (QED) is 0.863. The maximum absolute atomic E-state index is 11.7. The number of carbonyl (C=O) groups excluding carboxylic acids is 1. The molecule has 0 atom stereocenters. The molecule has 4 nitrogen and oxygen atoms in total. The van der Waals surface area contributed by atoms with Crippen molar-refractivity contribution in [2.24, 2.45) is 5.92 Å². The van der Waals surface area contributed by atoms with Crippen LogP contribution in [0.4, 0.5) is 0 Å². The summed E-state index contributed by atoms with van der Waals surface area (Å²) >= 11 is 0. The zero-order chi connectivity index (χ0) is 14.2. The molecule has 4 heteroatoms. The highest BCUT2D eigenvalue weighted by Gasteiger charge is 2.16. The third kappa shape index (κ3) is 5.21. The van der Waals surface area contributed by atoms with Crippen molar-refractivity contribution in [1.82, 2.24) is 10.2 Å². The van der Waals surface area contributed by atoms with Crippen molar-refractivity contribution < 1.29 is 9.53 Å². The first kappa shape index (κ1) is 14.9. The molecule has 2 rings (SSSR count). The largest absolute Gasteiger partial charge is 0.493 e. The maximum Gasteiger partial charge on any atom is 0.223 e. The fraction of sp³-hybridized carbons (Fsp3) is 0.562. The summed E-state index contributed by atoms with van der Waals surface area (Å²) in [6.45, 7) is 3.51. The Morgan fingerprint density at radius 1 is 1.30 bits per heavy atom. The van der Waals surface area contributed by atoms with Crippen LogP contribution in [0.1, 0.15) is 19.3 Å². The van der Waals surface area contributed by atoms with Crippen LogP contribution in [0.5, 0.6) is 5.75 Å². The summed E-state index contributed by atoms with van der Waals surface area (Å²) in [5.74, 6) is 1.53. The van der Waals surface area contributed by atoms with E-state index in [1.165, 1.54) is 12.8 Å². The number of carbonyl (C=O) groups is 1. The fourth-order valence-corrected chi connectivity index (χ4v) is 2.39. The first-order valence-electron chi connectivity index (χ1n) is 7.37. The second-order valence-corrected chi connectivity index (χ2v) is 5.46. The molecular formula is C16H24N2O2. The van der Waals surface area contributed by atoms with Gasteiger partial charge in [-0.25, -0.2) is 0 Å². The molecule has 1 aliphatic rings. The van der Waals surface area contributed by atoms with Gasteiger partial charge in [-0.1, -0.05) is 18.2 Å². The molecule has 0 saturated carbocycles. The number of piperidine rings is 1. The van der Waals surface area contributed by atoms with Gasteiger partial charge in [0.15, 0.2) is 0 Å². The SMILES string of the molecule is CN1CCC(CNC(=O)CCOc2ccccc2)CC1. The van der Waals surface area contributed by atoms with Crippen LogP contribution in [0, 0.1) is 5.92 Å². The fourth-order valence-electron chi connectivity index (χ4n) is 2.39. The monoisotopic (exact) mass is 276 g/mol. The van der Waals surface area contributed by atoms with Crippen LogP contribution in [0.2, 0.25) is 0 Å². The highest BCUT2D eigenvalue weighted by Crippen LogP contribution is 2.14. The molecule has 1 aromatic carbocycles. The van der Waals surface area contributed by atoms with Crippen LogP contribution in [-0.4, -0.2) is 44.1 Å². The molecular weight excluding hydrogens is 252 g/mol. The number of benzene rings is 1. The number of hydrogen-bond acceptors (Lipinski definition) is 3. The van der Waals surface area contributed by atoms with E-state index in [0.717, 1.165) is 25.4 Å². The summed E-state index contributed by atoms with van der Waals surface area (Å²) in [6, 6.07) is 9.60. The summed E-state index contributed by atoms with van der Waals surface area (Å²) in [6.07, 6.45) is 2.77.